The molecule has 0 aliphatic carbocycles. The molecule has 7 heteroatoms. The molecule has 4 N–H and O–H groups in total. The van der Waals surface area contributed by atoms with Crippen molar-refractivity contribution in [3.05, 3.63) is 35.2 Å². The third-order valence-electron chi connectivity index (χ3n) is 2.39. The number of hydrogen-bond acceptors (Lipinski definition) is 6. The molecule has 0 saturated heterocycles. The maximum absolute atomic E-state index is 11.9. The molecule has 2 rings (SSSR count). The predicted octanol–water partition coefficient (Wildman–Crippen LogP) is 1.22. The third kappa shape index (κ3) is 2.46. The molecular weight excluding hydrogens is 234 g/mol. The van der Waals surface area contributed by atoms with E-state index in [4.69, 9.17) is 10.3 Å². The van der Waals surface area contributed by atoms with Gasteiger partial charge in [-0.05, 0) is 30.7 Å². The van der Waals surface area contributed by atoms with Gasteiger partial charge in [0, 0.05) is 12.5 Å². The molecule has 0 atom stereocenters. The maximum atomic E-state index is 11.9. The maximum Gasteiger partial charge on any atom is 0.322 e. The molecule has 1 aromatic carbocycles. The number of nitrogens with one attached hydrogen (secondary N) is 2. The Bertz CT molecular complexity index is 579. The van der Waals surface area contributed by atoms with Gasteiger partial charge in [-0.1, -0.05) is 5.10 Å². The van der Waals surface area contributed by atoms with Crippen LogP contribution in [0.2, 0.25) is 0 Å². The monoisotopic (exact) mass is 247 g/mol. The fourth-order valence-corrected chi connectivity index (χ4v) is 1.48. The van der Waals surface area contributed by atoms with Gasteiger partial charge in [0.05, 0.1) is 5.69 Å². The van der Waals surface area contributed by atoms with Crippen LogP contribution in [-0.4, -0.2) is 16.1 Å². The van der Waals surface area contributed by atoms with Crippen LogP contribution in [0.3, 0.4) is 0 Å². The van der Waals surface area contributed by atoms with E-state index in [1.54, 1.807) is 25.1 Å². The molecule has 0 aliphatic heterocycles. The summed E-state index contributed by atoms with van der Waals surface area (Å²) in [6.07, 6.45) is 0. The largest absolute Gasteiger partial charge is 0.408 e. The van der Waals surface area contributed by atoms with Crippen LogP contribution in [0.25, 0.3) is 0 Å². The van der Waals surface area contributed by atoms with E-state index in [2.05, 4.69) is 20.9 Å². The molecule has 2 aromatic rings. The number of amides is 1. The minimum Gasteiger partial charge on any atom is -0.408 e. The first-order valence-electron chi connectivity index (χ1n) is 5.29. The lowest BCUT2D eigenvalue weighted by Gasteiger charge is -2.06. The number of benzene rings is 1. The fraction of sp³-hybridized carbons (Fsp3) is 0.182. The Morgan fingerprint density at radius 3 is 2.67 bits per heavy atom. The molecule has 0 bridgehead atoms. The molecule has 0 unspecified atom stereocenters. The highest BCUT2D eigenvalue weighted by molar-refractivity contribution is 6.03. The van der Waals surface area contributed by atoms with Crippen molar-refractivity contribution >= 4 is 17.6 Å². The van der Waals surface area contributed by atoms with Crippen molar-refractivity contribution in [1.82, 2.24) is 10.2 Å². The zero-order valence-corrected chi connectivity index (χ0v) is 10.0. The quantitative estimate of drug-likeness (QED) is 0.556. The summed E-state index contributed by atoms with van der Waals surface area (Å²) in [4.78, 5) is 11.9. The molecule has 7 nitrogen and oxygen atoms in total. The molecule has 0 fully saturated rings. The van der Waals surface area contributed by atoms with Crippen molar-refractivity contribution in [2.24, 2.45) is 5.84 Å². The fourth-order valence-electron chi connectivity index (χ4n) is 1.48. The number of carbonyl (C=O) groups is 1. The number of aromatic nitrogens is 2. The second kappa shape index (κ2) is 4.84. The average Bonchev–Trinajstić information content (AvgIpc) is 2.74. The van der Waals surface area contributed by atoms with Gasteiger partial charge in [-0.25, -0.2) is 0 Å². The van der Waals surface area contributed by atoms with E-state index in [1.165, 1.54) is 0 Å². The summed E-state index contributed by atoms with van der Waals surface area (Å²) in [6, 6.07) is 5.17. The van der Waals surface area contributed by atoms with E-state index in [9.17, 15) is 4.79 Å². The number of rotatable bonds is 3. The van der Waals surface area contributed by atoms with Crippen LogP contribution in [0.5, 0.6) is 0 Å². The Balaban J connectivity index is 2.16. The summed E-state index contributed by atoms with van der Waals surface area (Å²) in [5.74, 6) is 5.40. The van der Waals surface area contributed by atoms with Crippen molar-refractivity contribution < 1.29 is 9.21 Å². The van der Waals surface area contributed by atoms with Crippen LogP contribution < -0.4 is 16.6 Å². The SMILES string of the molecule is Cc1nnc(NC(=O)c2ccc(NN)c(C)c2)o1. The number of nitrogens with two attached hydrogens (primary N) is 1. The van der Waals surface area contributed by atoms with E-state index < -0.39 is 0 Å². The number of aryl methyl sites for hydroxylation is 2. The van der Waals surface area contributed by atoms with E-state index in [1.807, 2.05) is 6.92 Å². The topological polar surface area (TPSA) is 106 Å². The molecule has 0 aliphatic rings. The number of nitrogen functional groups attached to an aromatic ring is 1. The standard InChI is InChI=1S/C11H13N5O2/c1-6-5-8(3-4-9(6)14-12)10(17)13-11-16-15-7(2)18-11/h3-5,14H,12H2,1-2H3,(H,13,16,17). The van der Waals surface area contributed by atoms with Crippen LogP contribution in [-0.2, 0) is 0 Å². The summed E-state index contributed by atoms with van der Waals surface area (Å²) < 4.78 is 5.06. The first kappa shape index (κ1) is 12.1. The molecule has 1 aromatic heterocycles. The minimum atomic E-state index is -0.315. The zero-order valence-electron chi connectivity index (χ0n) is 10.0. The molecule has 0 saturated carbocycles. The summed E-state index contributed by atoms with van der Waals surface area (Å²) in [7, 11) is 0. The van der Waals surface area contributed by atoms with Crippen LogP contribution >= 0.6 is 0 Å². The average molecular weight is 247 g/mol. The number of anilines is 2. The summed E-state index contributed by atoms with van der Waals surface area (Å²) in [6.45, 7) is 3.50. The first-order valence-corrected chi connectivity index (χ1v) is 5.29. The predicted molar refractivity (Wildman–Crippen MR) is 66.0 cm³/mol. The van der Waals surface area contributed by atoms with Crippen molar-refractivity contribution in [3.63, 3.8) is 0 Å². The first-order chi connectivity index (χ1) is 8.60. The van der Waals surface area contributed by atoms with Gasteiger partial charge in [0.15, 0.2) is 0 Å². The molecule has 18 heavy (non-hydrogen) atoms. The Kier molecular flexibility index (Phi) is 3.24. The third-order valence-corrected chi connectivity index (χ3v) is 2.39. The zero-order chi connectivity index (χ0) is 13.1. The Hall–Kier alpha value is -2.41. The van der Waals surface area contributed by atoms with Crippen molar-refractivity contribution in [3.8, 4) is 0 Å². The summed E-state index contributed by atoms with van der Waals surface area (Å²) in [5, 5.41) is 9.82. The van der Waals surface area contributed by atoms with Gasteiger partial charge in [0.1, 0.15) is 0 Å². The second-order valence-electron chi connectivity index (χ2n) is 3.75. The lowest BCUT2D eigenvalue weighted by atomic mass is 10.1. The molecule has 1 heterocycles. The lowest BCUT2D eigenvalue weighted by Crippen LogP contribution is -2.13. The van der Waals surface area contributed by atoms with E-state index in [0.29, 0.717) is 11.5 Å². The Morgan fingerprint density at radius 1 is 1.33 bits per heavy atom. The van der Waals surface area contributed by atoms with Gasteiger partial charge in [-0.15, -0.1) is 5.10 Å². The van der Waals surface area contributed by atoms with Gasteiger partial charge >= 0.3 is 6.01 Å². The smallest absolute Gasteiger partial charge is 0.322 e. The van der Waals surface area contributed by atoms with Gasteiger partial charge < -0.3 is 9.84 Å². The van der Waals surface area contributed by atoms with Crippen molar-refractivity contribution in [2.45, 2.75) is 13.8 Å². The van der Waals surface area contributed by atoms with Crippen LogP contribution in [0, 0.1) is 13.8 Å². The highest BCUT2D eigenvalue weighted by atomic mass is 16.4. The Morgan fingerprint density at radius 2 is 2.11 bits per heavy atom. The van der Waals surface area contributed by atoms with Gasteiger partial charge in [-0.3, -0.25) is 16.0 Å². The lowest BCUT2D eigenvalue weighted by molar-refractivity contribution is 0.102. The number of hydrazine groups is 1. The minimum absolute atomic E-state index is 0.0798. The van der Waals surface area contributed by atoms with Crippen molar-refractivity contribution in [1.29, 1.82) is 0 Å². The van der Waals surface area contributed by atoms with Crippen LogP contribution in [0.1, 0.15) is 21.8 Å². The number of nitrogens with zero attached hydrogens (tertiary/aromatic N) is 2. The number of hydrogen-bond donors (Lipinski definition) is 3. The molecular formula is C11H13N5O2. The molecule has 94 valence electrons. The van der Waals surface area contributed by atoms with E-state index >= 15 is 0 Å². The van der Waals surface area contributed by atoms with Gasteiger partial charge in [-0.2, -0.15) is 0 Å². The highest BCUT2D eigenvalue weighted by Crippen LogP contribution is 2.16. The normalized spacial score (nSPS) is 10.2. The van der Waals surface area contributed by atoms with Gasteiger partial charge in [0.2, 0.25) is 5.89 Å². The van der Waals surface area contributed by atoms with Crippen LogP contribution in [0.15, 0.2) is 22.6 Å². The molecule has 1 amide bonds. The highest BCUT2D eigenvalue weighted by Gasteiger charge is 2.11. The molecule has 0 radical (unpaired) electrons. The summed E-state index contributed by atoms with van der Waals surface area (Å²) in [5.41, 5.74) is 4.66. The van der Waals surface area contributed by atoms with E-state index in [0.717, 1.165) is 11.3 Å². The number of carbonyl (C=O) groups excluding carboxylic acids is 1. The molecule has 0 spiro atoms. The van der Waals surface area contributed by atoms with Crippen LogP contribution in [0.4, 0.5) is 11.7 Å². The summed E-state index contributed by atoms with van der Waals surface area (Å²) >= 11 is 0. The van der Waals surface area contributed by atoms with Gasteiger partial charge in [0.25, 0.3) is 5.91 Å². The Labute approximate surface area is 103 Å². The van der Waals surface area contributed by atoms with Crippen molar-refractivity contribution in [2.75, 3.05) is 10.7 Å². The van der Waals surface area contributed by atoms with E-state index in [-0.39, 0.29) is 11.9 Å². The second-order valence-corrected chi connectivity index (χ2v) is 3.75.